The lowest BCUT2D eigenvalue weighted by molar-refractivity contribution is -0.143. The Morgan fingerprint density at radius 3 is 2.03 bits per heavy atom. The first kappa shape index (κ1) is 22.5. The van der Waals surface area contributed by atoms with Crippen molar-refractivity contribution in [3.05, 3.63) is 65.0 Å². The van der Waals surface area contributed by atoms with E-state index in [0.717, 1.165) is 5.56 Å². The number of halogens is 6. The molecule has 0 saturated carbocycles. The summed E-state index contributed by atoms with van der Waals surface area (Å²) < 4.78 is 77.4. The van der Waals surface area contributed by atoms with Crippen LogP contribution < -0.4 is 5.32 Å². The van der Waals surface area contributed by atoms with Gasteiger partial charge in [0, 0.05) is 36.8 Å². The fourth-order valence-electron chi connectivity index (χ4n) is 2.67. The molecule has 0 aliphatic carbocycles. The van der Waals surface area contributed by atoms with Gasteiger partial charge in [0.15, 0.2) is 5.78 Å². The Morgan fingerprint density at radius 2 is 1.55 bits per heavy atom. The van der Waals surface area contributed by atoms with Gasteiger partial charge in [0.05, 0.1) is 17.7 Å². The average Bonchev–Trinajstić information content (AvgIpc) is 2.66. The standard InChI is InChI=1S/C19H16F6N2O2/c20-18(21,22)15-7-14(8-16(9-15)19(23,24)25)17(29)11-27-10-13(3-6-28)12-1-4-26-5-2-12/h1-2,4-9,13,27H,3,10-11H2/t13-/m1/s1. The SMILES string of the molecule is O=CC[C@H](CNCC(=O)c1cc(C(F)(F)F)cc(C(F)(F)F)c1)c1ccncc1. The molecule has 156 valence electrons. The molecule has 0 bridgehead atoms. The van der Waals surface area contributed by atoms with Crippen LogP contribution in [0.15, 0.2) is 42.7 Å². The van der Waals surface area contributed by atoms with Gasteiger partial charge in [-0.3, -0.25) is 9.78 Å². The molecule has 1 N–H and O–H groups in total. The predicted octanol–water partition coefficient (Wildman–Crippen LogP) is 4.26. The van der Waals surface area contributed by atoms with Gasteiger partial charge in [-0.1, -0.05) is 0 Å². The van der Waals surface area contributed by atoms with Crippen molar-refractivity contribution in [3.63, 3.8) is 0 Å². The summed E-state index contributed by atoms with van der Waals surface area (Å²) in [6, 6.07) is 4.09. The Morgan fingerprint density at radius 1 is 1.00 bits per heavy atom. The number of nitrogens with one attached hydrogen (secondary N) is 1. The highest BCUT2D eigenvalue weighted by Gasteiger charge is 2.37. The number of carbonyl (C=O) groups excluding carboxylic acids is 2. The number of aldehydes is 1. The highest BCUT2D eigenvalue weighted by molar-refractivity contribution is 5.98. The van der Waals surface area contributed by atoms with Crippen LogP contribution in [0, 0.1) is 0 Å². The Hall–Kier alpha value is -2.75. The summed E-state index contributed by atoms with van der Waals surface area (Å²) in [5.41, 5.74) is -3.04. The second kappa shape index (κ2) is 9.17. The maximum atomic E-state index is 12.9. The van der Waals surface area contributed by atoms with E-state index in [1.807, 2.05) is 0 Å². The predicted molar refractivity (Wildman–Crippen MR) is 91.3 cm³/mol. The quantitative estimate of drug-likeness (QED) is 0.395. The molecule has 0 aliphatic heterocycles. The van der Waals surface area contributed by atoms with Crippen LogP contribution >= 0.6 is 0 Å². The van der Waals surface area contributed by atoms with Crippen LogP contribution in [0.4, 0.5) is 26.3 Å². The van der Waals surface area contributed by atoms with E-state index in [4.69, 9.17) is 0 Å². The van der Waals surface area contributed by atoms with Crippen molar-refractivity contribution in [2.45, 2.75) is 24.7 Å². The Kier molecular flexibility index (Phi) is 7.12. The van der Waals surface area contributed by atoms with E-state index in [-0.39, 0.29) is 24.9 Å². The highest BCUT2D eigenvalue weighted by Crippen LogP contribution is 2.36. The van der Waals surface area contributed by atoms with Crippen LogP contribution in [0.25, 0.3) is 0 Å². The molecule has 0 amide bonds. The molecule has 0 aliphatic rings. The van der Waals surface area contributed by atoms with Crippen LogP contribution in [0.2, 0.25) is 0 Å². The third kappa shape index (κ3) is 6.38. The van der Waals surface area contributed by atoms with E-state index in [1.165, 1.54) is 12.4 Å². The summed E-state index contributed by atoms with van der Waals surface area (Å²) in [7, 11) is 0. The van der Waals surface area contributed by atoms with Crippen LogP contribution in [0.1, 0.15) is 39.4 Å². The first-order valence-electron chi connectivity index (χ1n) is 8.39. The molecule has 1 atom stereocenters. The molecule has 0 unspecified atom stereocenters. The monoisotopic (exact) mass is 418 g/mol. The van der Waals surface area contributed by atoms with E-state index in [0.29, 0.717) is 18.4 Å². The zero-order valence-electron chi connectivity index (χ0n) is 14.8. The third-order valence-corrected chi connectivity index (χ3v) is 4.14. The first-order chi connectivity index (χ1) is 13.5. The minimum Gasteiger partial charge on any atom is -0.309 e. The van der Waals surface area contributed by atoms with Gasteiger partial charge in [0.1, 0.15) is 6.29 Å². The maximum Gasteiger partial charge on any atom is 0.416 e. The Balaban J connectivity index is 2.14. The maximum absolute atomic E-state index is 12.9. The second-order valence-corrected chi connectivity index (χ2v) is 6.23. The summed E-state index contributed by atoms with van der Waals surface area (Å²) in [5, 5.41) is 2.69. The van der Waals surface area contributed by atoms with Crippen molar-refractivity contribution in [2.24, 2.45) is 0 Å². The minimum absolute atomic E-state index is 0.0340. The molecule has 1 aromatic carbocycles. The lowest BCUT2D eigenvalue weighted by Crippen LogP contribution is -2.28. The van der Waals surface area contributed by atoms with E-state index in [2.05, 4.69) is 10.3 Å². The molecule has 10 heteroatoms. The van der Waals surface area contributed by atoms with Crippen molar-refractivity contribution in [1.29, 1.82) is 0 Å². The van der Waals surface area contributed by atoms with Gasteiger partial charge in [-0.2, -0.15) is 26.3 Å². The van der Waals surface area contributed by atoms with E-state index >= 15 is 0 Å². The average molecular weight is 418 g/mol. The molecule has 4 nitrogen and oxygen atoms in total. The summed E-state index contributed by atoms with van der Waals surface area (Å²) in [5.74, 6) is -1.25. The summed E-state index contributed by atoms with van der Waals surface area (Å²) in [4.78, 5) is 26.9. The van der Waals surface area contributed by atoms with Crippen molar-refractivity contribution in [3.8, 4) is 0 Å². The fraction of sp³-hybridized carbons (Fsp3) is 0.316. The van der Waals surface area contributed by atoms with Crippen molar-refractivity contribution in [1.82, 2.24) is 10.3 Å². The Bertz CT molecular complexity index is 818. The molecule has 2 rings (SSSR count). The van der Waals surface area contributed by atoms with Gasteiger partial charge in [0.2, 0.25) is 0 Å². The van der Waals surface area contributed by atoms with Gasteiger partial charge in [-0.05, 0) is 35.9 Å². The fourth-order valence-corrected chi connectivity index (χ4v) is 2.67. The number of Topliss-reactive ketones (excluding diaryl/α,β-unsaturated/α-hetero) is 1. The third-order valence-electron chi connectivity index (χ3n) is 4.14. The summed E-state index contributed by atoms with van der Waals surface area (Å²) in [6.45, 7) is -0.362. The number of hydrogen-bond acceptors (Lipinski definition) is 4. The zero-order valence-corrected chi connectivity index (χ0v) is 14.8. The minimum atomic E-state index is -5.03. The molecule has 0 radical (unpaired) electrons. The number of pyridine rings is 1. The van der Waals surface area contributed by atoms with Gasteiger partial charge in [0.25, 0.3) is 0 Å². The number of benzene rings is 1. The molecular weight excluding hydrogens is 402 g/mol. The number of ketones is 1. The lowest BCUT2D eigenvalue weighted by atomic mass is 9.97. The second-order valence-electron chi connectivity index (χ2n) is 6.23. The van der Waals surface area contributed by atoms with Gasteiger partial charge < -0.3 is 10.1 Å². The molecular formula is C19H16F6N2O2. The summed E-state index contributed by atoms with van der Waals surface area (Å²) in [6.07, 6.45) is -6.23. The summed E-state index contributed by atoms with van der Waals surface area (Å²) >= 11 is 0. The largest absolute Gasteiger partial charge is 0.416 e. The molecule has 2 aromatic rings. The van der Waals surface area contributed by atoms with Gasteiger partial charge in [-0.15, -0.1) is 0 Å². The number of nitrogens with zero attached hydrogens (tertiary/aromatic N) is 1. The van der Waals surface area contributed by atoms with Crippen LogP contribution in [-0.4, -0.2) is 30.1 Å². The van der Waals surface area contributed by atoms with E-state index < -0.39 is 41.4 Å². The van der Waals surface area contributed by atoms with Gasteiger partial charge in [-0.25, -0.2) is 0 Å². The van der Waals surface area contributed by atoms with Crippen molar-refractivity contribution >= 4 is 12.1 Å². The number of carbonyl (C=O) groups is 2. The van der Waals surface area contributed by atoms with Crippen LogP contribution in [0.3, 0.4) is 0 Å². The Labute approximate surface area is 161 Å². The molecule has 0 fully saturated rings. The zero-order chi connectivity index (χ0) is 21.7. The van der Waals surface area contributed by atoms with E-state index in [9.17, 15) is 35.9 Å². The number of aromatic nitrogens is 1. The topological polar surface area (TPSA) is 59.1 Å². The molecule has 0 saturated heterocycles. The van der Waals surface area contributed by atoms with Crippen molar-refractivity contribution < 1.29 is 35.9 Å². The molecule has 0 spiro atoms. The number of hydrogen-bond donors (Lipinski definition) is 1. The van der Waals surface area contributed by atoms with Crippen molar-refractivity contribution in [2.75, 3.05) is 13.1 Å². The smallest absolute Gasteiger partial charge is 0.309 e. The first-order valence-corrected chi connectivity index (χ1v) is 8.39. The van der Waals surface area contributed by atoms with E-state index in [1.54, 1.807) is 12.1 Å². The van der Waals surface area contributed by atoms with Gasteiger partial charge >= 0.3 is 12.4 Å². The molecule has 29 heavy (non-hydrogen) atoms. The number of alkyl halides is 6. The number of rotatable bonds is 8. The normalized spacial score (nSPS) is 13.2. The lowest BCUT2D eigenvalue weighted by Gasteiger charge is -2.16. The van der Waals surface area contributed by atoms with Crippen LogP contribution in [0.5, 0.6) is 0 Å². The highest BCUT2D eigenvalue weighted by atomic mass is 19.4. The molecule has 1 heterocycles. The molecule has 1 aromatic heterocycles. The van der Waals surface area contributed by atoms with Crippen LogP contribution in [-0.2, 0) is 17.1 Å².